The first-order chi connectivity index (χ1) is 12.8. The van der Waals surface area contributed by atoms with Crippen molar-refractivity contribution in [3.63, 3.8) is 0 Å². The first-order valence-electron chi connectivity index (χ1n) is 8.75. The van der Waals surface area contributed by atoms with Gasteiger partial charge in [0, 0.05) is 38.8 Å². The van der Waals surface area contributed by atoms with Gasteiger partial charge in [0.25, 0.3) is 0 Å². The molecule has 1 aromatic rings. The van der Waals surface area contributed by atoms with Crippen molar-refractivity contribution >= 4 is 35.8 Å². The molecule has 11 heteroatoms. The third-order valence-corrected chi connectivity index (χ3v) is 3.99. The summed E-state index contributed by atoms with van der Waals surface area (Å²) >= 11 is 0. The second-order valence-electron chi connectivity index (χ2n) is 6.12. The van der Waals surface area contributed by atoms with Gasteiger partial charge in [0.2, 0.25) is 11.8 Å². The van der Waals surface area contributed by atoms with Crippen LogP contribution in [0, 0.1) is 0 Å². The first kappa shape index (κ1) is 24.2. The normalized spacial score (nSPS) is 17.8. The summed E-state index contributed by atoms with van der Waals surface area (Å²) in [6, 6.07) is 2.21. The smallest absolute Gasteiger partial charge is 0.421 e. The molecule has 0 spiro atoms. The van der Waals surface area contributed by atoms with Gasteiger partial charge in [0.15, 0.2) is 5.96 Å². The molecule has 0 aromatic carbocycles. The third-order valence-electron chi connectivity index (χ3n) is 3.99. The van der Waals surface area contributed by atoms with Crippen LogP contribution in [-0.2, 0) is 11.0 Å². The number of amides is 1. The van der Waals surface area contributed by atoms with Crippen molar-refractivity contribution in [1.82, 2.24) is 20.5 Å². The van der Waals surface area contributed by atoms with Crippen LogP contribution in [0.15, 0.2) is 23.3 Å². The van der Waals surface area contributed by atoms with Crippen molar-refractivity contribution in [2.45, 2.75) is 32.0 Å². The molecule has 1 aliphatic heterocycles. The van der Waals surface area contributed by atoms with E-state index >= 15 is 0 Å². The van der Waals surface area contributed by atoms with E-state index in [1.165, 1.54) is 12.3 Å². The van der Waals surface area contributed by atoms with E-state index in [1.807, 2.05) is 6.92 Å². The standard InChI is InChI=1S/C17H24F3N5O2.HI/c1-3-21-16(24-12-6-7-14(26)25(2)11-12)23-9-10-27-15-13(17(18,19)20)5-4-8-22-15;/h4-5,8,12H,3,6-7,9-11H2,1-2H3,(H2,21,23,24);1H. The van der Waals surface area contributed by atoms with Gasteiger partial charge in [-0.15, -0.1) is 24.0 Å². The fraction of sp³-hybridized carbons (Fsp3) is 0.588. The maximum absolute atomic E-state index is 12.9. The monoisotopic (exact) mass is 515 g/mol. The van der Waals surface area contributed by atoms with Crippen LogP contribution in [0.4, 0.5) is 13.2 Å². The minimum atomic E-state index is -4.52. The number of likely N-dealkylation sites (tertiary alicyclic amines) is 1. The number of rotatable bonds is 6. The van der Waals surface area contributed by atoms with Crippen LogP contribution < -0.4 is 15.4 Å². The fourth-order valence-corrected chi connectivity index (χ4v) is 2.66. The van der Waals surface area contributed by atoms with Crippen LogP contribution in [0.2, 0.25) is 0 Å². The maximum Gasteiger partial charge on any atom is 0.421 e. The summed E-state index contributed by atoms with van der Waals surface area (Å²) in [5.41, 5.74) is -0.908. The Kier molecular flexibility index (Phi) is 9.76. The summed E-state index contributed by atoms with van der Waals surface area (Å²) < 4.78 is 43.9. The van der Waals surface area contributed by atoms with Gasteiger partial charge in [-0.2, -0.15) is 13.2 Å². The highest BCUT2D eigenvalue weighted by molar-refractivity contribution is 14.0. The van der Waals surface area contributed by atoms with Gasteiger partial charge in [-0.1, -0.05) is 0 Å². The van der Waals surface area contributed by atoms with Crippen molar-refractivity contribution in [2.24, 2.45) is 4.99 Å². The SMILES string of the molecule is CCNC(=NCCOc1ncccc1C(F)(F)F)NC1CCC(=O)N(C)C1.I. The quantitative estimate of drug-likeness (QED) is 0.263. The van der Waals surface area contributed by atoms with E-state index < -0.39 is 17.6 Å². The second-order valence-corrected chi connectivity index (χ2v) is 6.12. The van der Waals surface area contributed by atoms with Gasteiger partial charge < -0.3 is 20.3 Å². The van der Waals surface area contributed by atoms with E-state index in [-0.39, 0.29) is 49.1 Å². The Morgan fingerprint density at radius 2 is 2.21 bits per heavy atom. The van der Waals surface area contributed by atoms with Gasteiger partial charge in [0.1, 0.15) is 12.2 Å². The molecule has 1 fully saturated rings. The van der Waals surface area contributed by atoms with Crippen LogP contribution in [0.5, 0.6) is 5.88 Å². The van der Waals surface area contributed by atoms with Crippen molar-refractivity contribution in [3.8, 4) is 5.88 Å². The van der Waals surface area contributed by atoms with Gasteiger partial charge in [0.05, 0.1) is 6.54 Å². The Hall–Kier alpha value is -1.79. The number of carbonyl (C=O) groups is 1. The average molecular weight is 515 g/mol. The molecule has 0 saturated carbocycles. The van der Waals surface area contributed by atoms with Gasteiger partial charge in [-0.25, -0.2) is 9.98 Å². The molecule has 0 radical (unpaired) electrons. The molecule has 1 unspecified atom stereocenters. The molecular formula is C17H25F3IN5O2. The summed E-state index contributed by atoms with van der Waals surface area (Å²) in [6.45, 7) is 3.23. The number of piperidine rings is 1. The van der Waals surface area contributed by atoms with Crippen LogP contribution in [-0.4, -0.2) is 61.1 Å². The molecule has 158 valence electrons. The van der Waals surface area contributed by atoms with E-state index in [0.29, 0.717) is 31.9 Å². The zero-order valence-electron chi connectivity index (χ0n) is 15.8. The number of guanidine groups is 1. The number of ether oxygens (including phenoxy) is 1. The Bertz CT molecular complexity index is 672. The summed E-state index contributed by atoms with van der Waals surface area (Å²) in [5.74, 6) is 0.190. The molecule has 1 aliphatic rings. The summed E-state index contributed by atoms with van der Waals surface area (Å²) in [4.78, 5) is 21.2. The number of carbonyl (C=O) groups excluding carboxylic acids is 1. The number of aromatic nitrogens is 1. The summed E-state index contributed by atoms with van der Waals surface area (Å²) in [5, 5.41) is 6.31. The highest BCUT2D eigenvalue weighted by Crippen LogP contribution is 2.34. The Morgan fingerprint density at radius 1 is 1.46 bits per heavy atom. The number of hydrogen-bond donors (Lipinski definition) is 2. The maximum atomic E-state index is 12.9. The number of likely N-dealkylation sites (N-methyl/N-ethyl adjacent to an activating group) is 1. The summed E-state index contributed by atoms with van der Waals surface area (Å²) in [6.07, 6.45) is -2.10. The number of pyridine rings is 1. The number of aliphatic imine (C=N–C) groups is 1. The largest absolute Gasteiger partial charge is 0.475 e. The van der Waals surface area contributed by atoms with E-state index in [2.05, 4.69) is 20.6 Å². The summed E-state index contributed by atoms with van der Waals surface area (Å²) in [7, 11) is 1.75. The van der Waals surface area contributed by atoms with Crippen molar-refractivity contribution in [3.05, 3.63) is 23.9 Å². The van der Waals surface area contributed by atoms with Crippen molar-refractivity contribution in [2.75, 3.05) is 33.3 Å². The number of hydrogen-bond acceptors (Lipinski definition) is 4. The molecular weight excluding hydrogens is 490 g/mol. The minimum Gasteiger partial charge on any atom is -0.475 e. The minimum absolute atomic E-state index is 0. The molecule has 1 amide bonds. The van der Waals surface area contributed by atoms with Crippen molar-refractivity contribution in [1.29, 1.82) is 0 Å². The van der Waals surface area contributed by atoms with E-state index in [4.69, 9.17) is 4.74 Å². The second kappa shape index (κ2) is 11.3. The van der Waals surface area contributed by atoms with Gasteiger partial charge in [-0.05, 0) is 25.5 Å². The van der Waals surface area contributed by atoms with E-state index in [0.717, 1.165) is 6.07 Å². The molecule has 28 heavy (non-hydrogen) atoms. The zero-order chi connectivity index (χ0) is 19.9. The predicted molar refractivity (Wildman–Crippen MR) is 110 cm³/mol. The van der Waals surface area contributed by atoms with Crippen LogP contribution in [0.25, 0.3) is 0 Å². The first-order valence-corrected chi connectivity index (χ1v) is 8.75. The average Bonchev–Trinajstić information content (AvgIpc) is 2.61. The van der Waals surface area contributed by atoms with Crippen LogP contribution in [0.1, 0.15) is 25.3 Å². The Balaban J connectivity index is 0.00000392. The molecule has 2 heterocycles. The number of nitrogens with one attached hydrogen (secondary N) is 2. The molecule has 1 aromatic heterocycles. The molecule has 1 saturated heterocycles. The molecule has 2 rings (SSSR count). The fourth-order valence-electron chi connectivity index (χ4n) is 2.66. The zero-order valence-corrected chi connectivity index (χ0v) is 18.1. The number of nitrogens with zero attached hydrogens (tertiary/aromatic N) is 3. The van der Waals surface area contributed by atoms with E-state index in [9.17, 15) is 18.0 Å². The van der Waals surface area contributed by atoms with Crippen LogP contribution in [0.3, 0.4) is 0 Å². The highest BCUT2D eigenvalue weighted by Gasteiger charge is 2.35. The Labute approximate surface area is 179 Å². The number of halogens is 4. The molecule has 2 N–H and O–H groups in total. The lowest BCUT2D eigenvalue weighted by Crippen LogP contribution is -2.51. The van der Waals surface area contributed by atoms with Crippen LogP contribution >= 0.6 is 24.0 Å². The topological polar surface area (TPSA) is 78.9 Å². The lowest BCUT2D eigenvalue weighted by atomic mass is 10.1. The molecule has 0 aliphatic carbocycles. The van der Waals surface area contributed by atoms with Crippen molar-refractivity contribution < 1.29 is 22.7 Å². The van der Waals surface area contributed by atoms with Gasteiger partial charge in [-0.3, -0.25) is 4.79 Å². The highest BCUT2D eigenvalue weighted by atomic mass is 127. The predicted octanol–water partition coefficient (Wildman–Crippen LogP) is 2.27. The molecule has 0 bridgehead atoms. The molecule has 1 atom stereocenters. The molecule has 7 nitrogen and oxygen atoms in total. The Morgan fingerprint density at radius 3 is 2.86 bits per heavy atom. The van der Waals surface area contributed by atoms with Gasteiger partial charge >= 0.3 is 6.18 Å². The van der Waals surface area contributed by atoms with E-state index in [1.54, 1.807) is 11.9 Å². The lowest BCUT2D eigenvalue weighted by Gasteiger charge is -2.31. The third kappa shape index (κ3) is 7.32. The lowest BCUT2D eigenvalue weighted by molar-refractivity contribution is -0.139. The number of alkyl halides is 3.